The van der Waals surface area contributed by atoms with E-state index in [1.165, 1.54) is 17.4 Å². The van der Waals surface area contributed by atoms with Gasteiger partial charge in [-0.05, 0) is 45.8 Å². The zero-order valence-corrected chi connectivity index (χ0v) is 15.0. The van der Waals surface area contributed by atoms with Crippen molar-refractivity contribution in [3.8, 4) is 0 Å². The van der Waals surface area contributed by atoms with Gasteiger partial charge in [0.25, 0.3) is 0 Å². The number of halogens is 3. The molecule has 2 aromatic carbocycles. The van der Waals surface area contributed by atoms with Gasteiger partial charge in [0.1, 0.15) is 5.82 Å². The molecule has 3 nitrogen and oxygen atoms in total. The molecule has 0 saturated heterocycles. The number of nitrogens with zero attached hydrogens (tertiary/aromatic N) is 1. The van der Waals surface area contributed by atoms with Gasteiger partial charge in [-0.2, -0.15) is 4.31 Å². The second kappa shape index (κ2) is 6.56. The fourth-order valence-electron chi connectivity index (χ4n) is 1.80. The van der Waals surface area contributed by atoms with Crippen molar-refractivity contribution in [2.45, 2.75) is 11.4 Å². The van der Waals surface area contributed by atoms with Crippen LogP contribution in [0.5, 0.6) is 0 Å². The van der Waals surface area contributed by atoms with Gasteiger partial charge < -0.3 is 0 Å². The maximum atomic E-state index is 13.1. The second-order valence-electron chi connectivity index (χ2n) is 4.43. The van der Waals surface area contributed by atoms with Crippen molar-refractivity contribution < 1.29 is 12.8 Å². The monoisotopic (exact) mass is 435 g/mol. The Morgan fingerprint density at radius 1 is 1.10 bits per heavy atom. The Morgan fingerprint density at radius 3 is 2.38 bits per heavy atom. The molecule has 0 unspecified atom stereocenters. The summed E-state index contributed by atoms with van der Waals surface area (Å²) in [5.41, 5.74) is 0.849. The van der Waals surface area contributed by atoms with Crippen molar-refractivity contribution >= 4 is 41.9 Å². The van der Waals surface area contributed by atoms with Crippen LogP contribution in [0.15, 0.2) is 56.3 Å². The molecule has 0 atom stereocenters. The van der Waals surface area contributed by atoms with Crippen LogP contribution in [0.4, 0.5) is 4.39 Å². The zero-order chi connectivity index (χ0) is 15.6. The van der Waals surface area contributed by atoms with Gasteiger partial charge in [0, 0.05) is 22.5 Å². The predicted molar refractivity (Wildman–Crippen MR) is 86.9 cm³/mol. The Balaban J connectivity index is 2.33. The zero-order valence-electron chi connectivity index (χ0n) is 11.1. The van der Waals surface area contributed by atoms with E-state index in [1.54, 1.807) is 0 Å². The van der Waals surface area contributed by atoms with Crippen molar-refractivity contribution in [1.29, 1.82) is 0 Å². The maximum Gasteiger partial charge on any atom is 0.244 e. The lowest BCUT2D eigenvalue weighted by atomic mass is 10.2. The molecule has 0 aromatic heterocycles. The normalized spacial score (nSPS) is 11.9. The summed E-state index contributed by atoms with van der Waals surface area (Å²) in [6.07, 6.45) is 0. The summed E-state index contributed by atoms with van der Waals surface area (Å²) in [7, 11) is -2.21. The first-order valence-corrected chi connectivity index (χ1v) is 9.00. The molecule has 0 saturated carbocycles. The first kappa shape index (κ1) is 16.6. The molecule has 0 N–H and O–H groups in total. The van der Waals surface area contributed by atoms with Crippen molar-refractivity contribution in [1.82, 2.24) is 4.31 Å². The standard InChI is InChI=1S/C14H12Br2FNO2S/c1-18(9-10-4-2-3-5-12(10)15)21(19,20)14-7-6-11(17)8-13(14)16/h2-8H,9H2,1H3. The van der Waals surface area contributed by atoms with Gasteiger partial charge in [-0.25, -0.2) is 12.8 Å². The SMILES string of the molecule is CN(Cc1ccccc1Br)S(=O)(=O)c1ccc(F)cc1Br. The van der Waals surface area contributed by atoms with Crippen LogP contribution in [0.1, 0.15) is 5.56 Å². The van der Waals surface area contributed by atoms with Crippen molar-refractivity contribution in [2.24, 2.45) is 0 Å². The van der Waals surface area contributed by atoms with E-state index in [9.17, 15) is 12.8 Å². The van der Waals surface area contributed by atoms with E-state index in [0.717, 1.165) is 22.2 Å². The summed E-state index contributed by atoms with van der Waals surface area (Å²) in [5.74, 6) is -0.491. The van der Waals surface area contributed by atoms with Crippen LogP contribution in [0.2, 0.25) is 0 Å². The molecule has 0 aliphatic rings. The Morgan fingerprint density at radius 2 is 1.76 bits per heavy atom. The molecule has 0 aliphatic heterocycles. The lowest BCUT2D eigenvalue weighted by Crippen LogP contribution is -2.27. The molecule has 112 valence electrons. The quantitative estimate of drug-likeness (QED) is 0.721. The summed E-state index contributed by atoms with van der Waals surface area (Å²) in [6.45, 7) is 0.216. The second-order valence-corrected chi connectivity index (χ2v) is 8.15. The van der Waals surface area contributed by atoms with Crippen LogP contribution in [0, 0.1) is 5.82 Å². The van der Waals surface area contributed by atoms with Crippen LogP contribution in [-0.2, 0) is 16.6 Å². The minimum atomic E-state index is -3.70. The lowest BCUT2D eigenvalue weighted by Gasteiger charge is -2.19. The molecule has 0 radical (unpaired) electrons. The van der Waals surface area contributed by atoms with Gasteiger partial charge in [-0.15, -0.1) is 0 Å². The highest BCUT2D eigenvalue weighted by atomic mass is 79.9. The van der Waals surface area contributed by atoms with E-state index in [-0.39, 0.29) is 15.9 Å². The molecule has 0 bridgehead atoms. The molecule has 0 aliphatic carbocycles. The number of hydrogen-bond acceptors (Lipinski definition) is 2. The summed E-state index contributed by atoms with van der Waals surface area (Å²) < 4.78 is 40.4. The Kier molecular flexibility index (Phi) is 5.19. The van der Waals surface area contributed by atoms with E-state index in [4.69, 9.17) is 0 Å². The average Bonchev–Trinajstić information content (AvgIpc) is 2.40. The molecular formula is C14H12Br2FNO2S. The number of hydrogen-bond donors (Lipinski definition) is 0. The molecule has 0 spiro atoms. The maximum absolute atomic E-state index is 13.1. The first-order valence-electron chi connectivity index (χ1n) is 5.97. The van der Waals surface area contributed by atoms with E-state index in [0.29, 0.717) is 0 Å². The minimum Gasteiger partial charge on any atom is -0.207 e. The molecule has 2 rings (SSSR count). The average molecular weight is 437 g/mol. The van der Waals surface area contributed by atoms with Gasteiger partial charge in [0.2, 0.25) is 10.0 Å². The highest BCUT2D eigenvalue weighted by Gasteiger charge is 2.24. The van der Waals surface area contributed by atoms with Gasteiger partial charge in [0.15, 0.2) is 0 Å². The fraction of sp³-hybridized carbons (Fsp3) is 0.143. The topological polar surface area (TPSA) is 37.4 Å². The van der Waals surface area contributed by atoms with Crippen LogP contribution < -0.4 is 0 Å². The molecule has 0 amide bonds. The first-order chi connectivity index (χ1) is 9.82. The number of rotatable bonds is 4. The van der Waals surface area contributed by atoms with E-state index < -0.39 is 15.8 Å². The third kappa shape index (κ3) is 3.71. The Bertz CT molecular complexity index is 765. The summed E-state index contributed by atoms with van der Waals surface area (Å²) in [6, 6.07) is 10.9. The molecule has 0 fully saturated rings. The van der Waals surface area contributed by atoms with Crippen LogP contribution >= 0.6 is 31.9 Å². The summed E-state index contributed by atoms with van der Waals surface area (Å²) in [5, 5.41) is 0. The molecule has 0 heterocycles. The third-order valence-electron chi connectivity index (χ3n) is 2.93. The summed E-state index contributed by atoms with van der Waals surface area (Å²) in [4.78, 5) is 0.0402. The van der Waals surface area contributed by atoms with Crippen molar-refractivity contribution in [3.63, 3.8) is 0 Å². The molecule has 2 aromatic rings. The van der Waals surface area contributed by atoms with Crippen molar-refractivity contribution in [3.05, 3.63) is 62.8 Å². The Labute approximate surface area is 140 Å². The van der Waals surface area contributed by atoms with Gasteiger partial charge in [-0.3, -0.25) is 0 Å². The smallest absolute Gasteiger partial charge is 0.207 e. The number of benzene rings is 2. The van der Waals surface area contributed by atoms with E-state index >= 15 is 0 Å². The van der Waals surface area contributed by atoms with Crippen molar-refractivity contribution in [2.75, 3.05) is 7.05 Å². The van der Waals surface area contributed by atoms with Crippen LogP contribution in [0.3, 0.4) is 0 Å². The van der Waals surface area contributed by atoms with E-state index in [2.05, 4.69) is 31.9 Å². The fourth-order valence-corrected chi connectivity index (χ4v) is 4.37. The number of sulfonamides is 1. The highest BCUT2D eigenvalue weighted by molar-refractivity contribution is 9.10. The van der Waals surface area contributed by atoms with Gasteiger partial charge in [0.05, 0.1) is 4.90 Å². The van der Waals surface area contributed by atoms with Crippen LogP contribution in [0.25, 0.3) is 0 Å². The third-order valence-corrected chi connectivity index (χ3v) is 6.49. The lowest BCUT2D eigenvalue weighted by molar-refractivity contribution is 0.465. The molecule has 21 heavy (non-hydrogen) atoms. The van der Waals surface area contributed by atoms with Crippen LogP contribution in [-0.4, -0.2) is 19.8 Å². The predicted octanol–water partition coefficient (Wildman–Crippen LogP) is 4.17. The molecule has 7 heteroatoms. The highest BCUT2D eigenvalue weighted by Crippen LogP contribution is 2.27. The van der Waals surface area contributed by atoms with E-state index in [1.807, 2.05) is 24.3 Å². The van der Waals surface area contributed by atoms with Gasteiger partial charge in [-0.1, -0.05) is 34.1 Å². The molecular weight excluding hydrogens is 425 g/mol. The minimum absolute atomic E-state index is 0.0402. The van der Waals surface area contributed by atoms with Gasteiger partial charge >= 0.3 is 0 Å². The Hall–Kier alpha value is -0.760. The summed E-state index contributed by atoms with van der Waals surface area (Å²) >= 11 is 6.49. The largest absolute Gasteiger partial charge is 0.244 e.